The van der Waals surface area contributed by atoms with Gasteiger partial charge in [-0.15, -0.1) is 0 Å². The molecule has 0 saturated carbocycles. The first-order valence-corrected chi connectivity index (χ1v) is 9.41. The number of carbonyl (C=O) groups excluding carboxylic acids is 1. The molecule has 3 N–H and O–H groups in total. The minimum Gasteiger partial charge on any atom is -0.357 e. The molecule has 122 valence electrons. The van der Waals surface area contributed by atoms with E-state index in [0.29, 0.717) is 13.0 Å². The van der Waals surface area contributed by atoms with Crippen molar-refractivity contribution in [3.8, 4) is 0 Å². The summed E-state index contributed by atoms with van der Waals surface area (Å²) in [7, 11) is 0. The first kappa shape index (κ1) is 18.8. The molecule has 0 radical (unpaired) electrons. The molecule has 1 amide bonds. The van der Waals surface area contributed by atoms with Gasteiger partial charge in [-0.05, 0) is 37.4 Å². The third-order valence-electron chi connectivity index (χ3n) is 2.68. The van der Waals surface area contributed by atoms with Crippen LogP contribution in [0.15, 0.2) is 33.7 Å². The fraction of sp³-hybridized carbons (Fsp3) is 0.467. The van der Waals surface area contributed by atoms with Crippen LogP contribution in [0.2, 0.25) is 0 Å². The second-order valence-corrected chi connectivity index (χ2v) is 6.39. The molecule has 0 fully saturated rings. The highest BCUT2D eigenvalue weighted by molar-refractivity contribution is 9.10. The van der Waals surface area contributed by atoms with E-state index >= 15 is 0 Å². The molecule has 0 unspecified atom stereocenters. The van der Waals surface area contributed by atoms with Crippen molar-refractivity contribution < 1.29 is 4.79 Å². The highest BCUT2D eigenvalue weighted by Crippen LogP contribution is 2.14. The molecule has 0 saturated heterocycles. The number of nitrogens with one attached hydrogen (secondary N) is 3. The summed E-state index contributed by atoms with van der Waals surface area (Å²) in [6.07, 6.45) is 2.45. The van der Waals surface area contributed by atoms with Crippen LogP contribution in [0.4, 0.5) is 5.69 Å². The molecule has 1 aromatic rings. The summed E-state index contributed by atoms with van der Waals surface area (Å²) in [5.41, 5.74) is 0.800. The van der Waals surface area contributed by atoms with E-state index in [1.54, 1.807) is 11.8 Å². The molecule has 5 nitrogen and oxygen atoms in total. The Balaban J connectivity index is 2.32. The average molecular weight is 387 g/mol. The SMILES string of the molecule is CCNC(=NCCSC)NCCC(=O)Nc1ccc(Br)cc1. The predicted octanol–water partition coefficient (Wildman–Crippen LogP) is 2.70. The number of hydrogen-bond acceptors (Lipinski definition) is 3. The molecule has 0 aliphatic rings. The molecule has 0 atom stereocenters. The number of anilines is 1. The molecular formula is C15H23BrN4OS. The summed E-state index contributed by atoms with van der Waals surface area (Å²) >= 11 is 5.13. The molecule has 0 aromatic heterocycles. The third kappa shape index (κ3) is 8.29. The molecule has 22 heavy (non-hydrogen) atoms. The Morgan fingerprint density at radius 3 is 2.64 bits per heavy atom. The van der Waals surface area contributed by atoms with Crippen LogP contribution in [0, 0.1) is 0 Å². The Labute approximate surface area is 144 Å². The maximum atomic E-state index is 11.9. The second kappa shape index (κ2) is 11.4. The van der Waals surface area contributed by atoms with Crippen molar-refractivity contribution >= 4 is 45.2 Å². The molecule has 0 bridgehead atoms. The monoisotopic (exact) mass is 386 g/mol. The van der Waals surface area contributed by atoms with Crippen LogP contribution in [0.1, 0.15) is 13.3 Å². The van der Waals surface area contributed by atoms with Crippen LogP contribution in [-0.2, 0) is 4.79 Å². The Kier molecular flexibility index (Phi) is 9.74. The topological polar surface area (TPSA) is 65.5 Å². The number of aliphatic imine (C=N–C) groups is 1. The van der Waals surface area contributed by atoms with Crippen LogP contribution in [0.25, 0.3) is 0 Å². The Morgan fingerprint density at radius 2 is 2.00 bits per heavy atom. The van der Waals surface area contributed by atoms with Crippen molar-refractivity contribution in [1.82, 2.24) is 10.6 Å². The number of hydrogen-bond donors (Lipinski definition) is 3. The number of amides is 1. The van der Waals surface area contributed by atoms with E-state index in [1.807, 2.05) is 31.2 Å². The van der Waals surface area contributed by atoms with Crippen molar-refractivity contribution in [3.63, 3.8) is 0 Å². The fourth-order valence-corrected chi connectivity index (χ4v) is 2.18. The van der Waals surface area contributed by atoms with Crippen LogP contribution in [-0.4, -0.2) is 43.5 Å². The van der Waals surface area contributed by atoms with Crippen molar-refractivity contribution in [2.45, 2.75) is 13.3 Å². The Morgan fingerprint density at radius 1 is 1.27 bits per heavy atom. The molecule has 0 aliphatic heterocycles. The number of guanidine groups is 1. The summed E-state index contributed by atoms with van der Waals surface area (Å²) in [5, 5.41) is 9.19. The lowest BCUT2D eigenvalue weighted by Crippen LogP contribution is -2.38. The number of benzene rings is 1. The van der Waals surface area contributed by atoms with E-state index in [9.17, 15) is 4.79 Å². The van der Waals surface area contributed by atoms with Gasteiger partial charge in [-0.3, -0.25) is 9.79 Å². The van der Waals surface area contributed by atoms with Crippen molar-refractivity contribution in [1.29, 1.82) is 0 Å². The molecule has 1 rings (SSSR count). The molecular weight excluding hydrogens is 364 g/mol. The van der Waals surface area contributed by atoms with Crippen molar-refractivity contribution in [2.24, 2.45) is 4.99 Å². The Bertz CT molecular complexity index is 479. The molecule has 0 aliphatic carbocycles. The summed E-state index contributed by atoms with van der Waals surface area (Å²) < 4.78 is 0.990. The van der Waals surface area contributed by atoms with Crippen LogP contribution in [0.5, 0.6) is 0 Å². The van der Waals surface area contributed by atoms with E-state index in [0.717, 1.165) is 35.0 Å². The number of carbonyl (C=O) groups is 1. The zero-order chi connectivity index (χ0) is 16.2. The van der Waals surface area contributed by atoms with Crippen LogP contribution < -0.4 is 16.0 Å². The lowest BCUT2D eigenvalue weighted by Gasteiger charge is -2.11. The van der Waals surface area contributed by atoms with Crippen LogP contribution >= 0.6 is 27.7 Å². The largest absolute Gasteiger partial charge is 0.357 e. The van der Waals surface area contributed by atoms with Crippen molar-refractivity contribution in [3.05, 3.63) is 28.7 Å². The molecule has 1 aromatic carbocycles. The second-order valence-electron chi connectivity index (χ2n) is 4.49. The molecule has 0 heterocycles. The summed E-state index contributed by atoms with van der Waals surface area (Å²) in [6, 6.07) is 7.53. The predicted molar refractivity (Wildman–Crippen MR) is 99.8 cm³/mol. The maximum absolute atomic E-state index is 11.9. The summed E-state index contributed by atoms with van der Waals surface area (Å²) in [5.74, 6) is 1.73. The van der Waals surface area contributed by atoms with Gasteiger partial charge in [0.25, 0.3) is 0 Å². The molecule has 0 spiro atoms. The molecule has 7 heteroatoms. The van der Waals surface area contributed by atoms with Gasteiger partial charge in [0.2, 0.25) is 5.91 Å². The van der Waals surface area contributed by atoms with Crippen molar-refractivity contribution in [2.75, 3.05) is 37.0 Å². The van der Waals surface area contributed by atoms with E-state index < -0.39 is 0 Å². The highest BCUT2D eigenvalue weighted by atomic mass is 79.9. The normalized spacial score (nSPS) is 11.1. The van der Waals surface area contributed by atoms with Gasteiger partial charge in [-0.2, -0.15) is 11.8 Å². The first-order valence-electron chi connectivity index (χ1n) is 7.22. The van der Waals surface area contributed by atoms with E-state index in [2.05, 4.69) is 43.1 Å². The zero-order valence-corrected chi connectivity index (χ0v) is 15.4. The fourth-order valence-electron chi connectivity index (χ4n) is 1.64. The van der Waals surface area contributed by atoms with Crippen LogP contribution in [0.3, 0.4) is 0 Å². The third-order valence-corrected chi connectivity index (χ3v) is 3.80. The van der Waals surface area contributed by atoms with Gasteiger partial charge in [0.05, 0.1) is 6.54 Å². The van der Waals surface area contributed by atoms with E-state index in [1.165, 1.54) is 0 Å². The average Bonchev–Trinajstić information content (AvgIpc) is 2.50. The van der Waals surface area contributed by atoms with E-state index in [-0.39, 0.29) is 5.91 Å². The Hall–Kier alpha value is -1.21. The lowest BCUT2D eigenvalue weighted by molar-refractivity contribution is -0.116. The van der Waals surface area contributed by atoms with E-state index in [4.69, 9.17) is 0 Å². The number of nitrogens with zero attached hydrogens (tertiary/aromatic N) is 1. The van der Waals surface area contributed by atoms with Gasteiger partial charge in [-0.1, -0.05) is 15.9 Å². The number of halogens is 1. The van der Waals surface area contributed by atoms with Gasteiger partial charge in [0, 0.05) is 35.4 Å². The summed E-state index contributed by atoms with van der Waals surface area (Å²) in [6.45, 7) is 4.14. The minimum atomic E-state index is -0.0187. The van der Waals surface area contributed by atoms with Gasteiger partial charge in [0.15, 0.2) is 5.96 Å². The first-order chi connectivity index (χ1) is 10.7. The van der Waals surface area contributed by atoms with Gasteiger partial charge in [-0.25, -0.2) is 0 Å². The summed E-state index contributed by atoms with van der Waals surface area (Å²) in [4.78, 5) is 16.3. The standard InChI is InChI=1S/C15H23BrN4OS/c1-3-17-15(19-10-11-22-2)18-9-8-14(21)20-13-6-4-12(16)5-7-13/h4-7H,3,8-11H2,1-2H3,(H,20,21)(H2,17,18,19). The zero-order valence-electron chi connectivity index (χ0n) is 13.0. The van der Waals surface area contributed by atoms with Gasteiger partial charge < -0.3 is 16.0 Å². The smallest absolute Gasteiger partial charge is 0.226 e. The van der Waals surface area contributed by atoms with Gasteiger partial charge in [0.1, 0.15) is 0 Å². The quantitative estimate of drug-likeness (QED) is 0.365. The lowest BCUT2D eigenvalue weighted by atomic mass is 10.3. The maximum Gasteiger partial charge on any atom is 0.226 e. The minimum absolute atomic E-state index is 0.0187. The number of rotatable bonds is 8. The van der Waals surface area contributed by atoms with Gasteiger partial charge >= 0.3 is 0 Å². The highest BCUT2D eigenvalue weighted by Gasteiger charge is 2.03. The number of thioether (sulfide) groups is 1.